The average Bonchev–Trinajstić information content (AvgIpc) is 2.17. The molecule has 2 N–H and O–H groups in total. The molecule has 0 unspecified atom stereocenters. The number of nitriles is 1. The average molecular weight is 174 g/mol. The highest BCUT2D eigenvalue weighted by molar-refractivity contribution is 5.42. The van der Waals surface area contributed by atoms with Crippen LogP contribution in [-0.2, 0) is 0 Å². The molecule has 1 aromatic carbocycles. The highest BCUT2D eigenvalue weighted by atomic mass is 19.1. The third kappa shape index (κ3) is 2.30. The first-order valence-electron chi connectivity index (χ1n) is 3.66. The summed E-state index contributed by atoms with van der Waals surface area (Å²) in [6.07, 6.45) is 0. The largest absolute Gasteiger partial charge is 0.320 e. The first-order chi connectivity index (χ1) is 6.27. The Kier molecular flexibility index (Phi) is 3.03. The lowest BCUT2D eigenvalue weighted by atomic mass is 10.1. The van der Waals surface area contributed by atoms with Crippen LogP contribution in [0.1, 0.15) is 11.1 Å². The van der Waals surface area contributed by atoms with Gasteiger partial charge >= 0.3 is 0 Å². The van der Waals surface area contributed by atoms with Crippen molar-refractivity contribution in [3.8, 4) is 17.9 Å². The molecule has 0 atom stereocenters. The molecule has 13 heavy (non-hydrogen) atoms. The van der Waals surface area contributed by atoms with Gasteiger partial charge in [0.1, 0.15) is 5.82 Å². The second-order valence-electron chi connectivity index (χ2n) is 2.31. The van der Waals surface area contributed by atoms with Crippen molar-refractivity contribution in [3.63, 3.8) is 0 Å². The lowest BCUT2D eigenvalue weighted by molar-refractivity contribution is 0.624. The van der Waals surface area contributed by atoms with Gasteiger partial charge in [0.2, 0.25) is 0 Å². The van der Waals surface area contributed by atoms with E-state index >= 15 is 0 Å². The van der Waals surface area contributed by atoms with Crippen LogP contribution in [0.3, 0.4) is 0 Å². The van der Waals surface area contributed by atoms with Crippen molar-refractivity contribution in [3.05, 3.63) is 35.1 Å². The molecule has 0 aliphatic carbocycles. The normalized spacial score (nSPS) is 8.38. The maximum absolute atomic E-state index is 13.0. The summed E-state index contributed by atoms with van der Waals surface area (Å²) in [5.74, 6) is 4.64. The Morgan fingerprint density at radius 1 is 1.46 bits per heavy atom. The van der Waals surface area contributed by atoms with Crippen molar-refractivity contribution < 1.29 is 4.39 Å². The van der Waals surface area contributed by atoms with Crippen LogP contribution in [0.25, 0.3) is 0 Å². The highest BCUT2D eigenvalue weighted by Gasteiger charge is 1.99. The molecule has 0 heterocycles. The third-order valence-electron chi connectivity index (χ3n) is 1.42. The molecule has 1 rings (SSSR count). The highest BCUT2D eigenvalue weighted by Crippen LogP contribution is 2.08. The van der Waals surface area contributed by atoms with Gasteiger partial charge in [-0.1, -0.05) is 11.8 Å². The maximum Gasteiger partial charge on any atom is 0.138 e. The Morgan fingerprint density at radius 3 is 2.85 bits per heavy atom. The van der Waals surface area contributed by atoms with E-state index in [-0.39, 0.29) is 12.1 Å². The van der Waals surface area contributed by atoms with Crippen molar-refractivity contribution in [2.24, 2.45) is 5.73 Å². The number of rotatable bonds is 0. The van der Waals surface area contributed by atoms with Gasteiger partial charge in [-0.15, -0.1) is 0 Å². The smallest absolute Gasteiger partial charge is 0.138 e. The monoisotopic (exact) mass is 174 g/mol. The lowest BCUT2D eigenvalue weighted by Crippen LogP contribution is -1.94. The molecule has 64 valence electrons. The summed E-state index contributed by atoms with van der Waals surface area (Å²) in [6.45, 7) is 0.177. The molecule has 0 saturated carbocycles. The minimum atomic E-state index is -0.431. The van der Waals surface area contributed by atoms with E-state index in [9.17, 15) is 4.39 Å². The van der Waals surface area contributed by atoms with Crippen LogP contribution in [-0.4, -0.2) is 6.54 Å². The topological polar surface area (TPSA) is 49.8 Å². The van der Waals surface area contributed by atoms with Gasteiger partial charge in [0.05, 0.1) is 23.7 Å². The fourth-order valence-electron chi connectivity index (χ4n) is 0.837. The van der Waals surface area contributed by atoms with E-state index in [1.165, 1.54) is 18.2 Å². The van der Waals surface area contributed by atoms with E-state index in [2.05, 4.69) is 11.8 Å². The SMILES string of the molecule is N#Cc1ccc(F)c(C#CCN)c1. The molecule has 0 aliphatic heterocycles. The summed E-state index contributed by atoms with van der Waals surface area (Å²) in [5, 5.41) is 8.53. The summed E-state index contributed by atoms with van der Waals surface area (Å²) in [4.78, 5) is 0. The van der Waals surface area contributed by atoms with Crippen LogP contribution in [0, 0.1) is 29.0 Å². The van der Waals surface area contributed by atoms with Crippen LogP contribution >= 0.6 is 0 Å². The Bertz CT molecular complexity index is 407. The van der Waals surface area contributed by atoms with Crippen LogP contribution in [0.5, 0.6) is 0 Å². The fraction of sp³-hybridized carbons (Fsp3) is 0.100. The molecule has 0 radical (unpaired) electrons. The molecule has 0 fully saturated rings. The summed E-state index contributed by atoms with van der Waals surface area (Å²) >= 11 is 0. The van der Waals surface area contributed by atoms with E-state index in [1.54, 1.807) is 0 Å². The number of hydrogen-bond acceptors (Lipinski definition) is 2. The number of nitrogens with zero attached hydrogens (tertiary/aromatic N) is 1. The second kappa shape index (κ2) is 4.25. The molecule has 3 heteroatoms. The molecule has 0 aromatic heterocycles. The summed E-state index contributed by atoms with van der Waals surface area (Å²) < 4.78 is 13.0. The van der Waals surface area contributed by atoms with Crippen molar-refractivity contribution in [2.45, 2.75) is 0 Å². The zero-order valence-corrected chi connectivity index (χ0v) is 6.84. The van der Waals surface area contributed by atoms with Crippen molar-refractivity contribution in [1.82, 2.24) is 0 Å². The summed E-state index contributed by atoms with van der Waals surface area (Å²) in [5.41, 5.74) is 5.74. The van der Waals surface area contributed by atoms with E-state index in [0.717, 1.165) is 0 Å². The molecule has 0 spiro atoms. The number of hydrogen-bond donors (Lipinski definition) is 1. The number of benzene rings is 1. The lowest BCUT2D eigenvalue weighted by Gasteiger charge is -1.93. The van der Waals surface area contributed by atoms with Crippen LogP contribution in [0.2, 0.25) is 0 Å². The number of halogens is 1. The van der Waals surface area contributed by atoms with Crippen molar-refractivity contribution in [1.29, 1.82) is 5.26 Å². The van der Waals surface area contributed by atoms with Crippen LogP contribution in [0.4, 0.5) is 4.39 Å². The Balaban J connectivity index is 3.13. The van der Waals surface area contributed by atoms with E-state index < -0.39 is 5.82 Å². The molecule has 2 nitrogen and oxygen atoms in total. The van der Waals surface area contributed by atoms with Crippen LogP contribution < -0.4 is 5.73 Å². The molecular formula is C10H7FN2. The number of nitrogens with two attached hydrogens (primary N) is 1. The Hall–Kier alpha value is -1.84. The zero-order valence-electron chi connectivity index (χ0n) is 6.84. The summed E-state index contributed by atoms with van der Waals surface area (Å²) in [7, 11) is 0. The third-order valence-corrected chi connectivity index (χ3v) is 1.42. The first-order valence-corrected chi connectivity index (χ1v) is 3.66. The predicted molar refractivity (Wildman–Crippen MR) is 47.0 cm³/mol. The van der Waals surface area contributed by atoms with Gasteiger partial charge in [-0.3, -0.25) is 0 Å². The molecule has 0 bridgehead atoms. The maximum atomic E-state index is 13.0. The standard InChI is InChI=1S/C10H7FN2/c11-10-4-3-8(7-13)6-9(10)2-1-5-12/h3-4,6H,5,12H2. The van der Waals surface area contributed by atoms with Gasteiger partial charge in [-0.25, -0.2) is 4.39 Å². The van der Waals surface area contributed by atoms with Crippen LogP contribution in [0.15, 0.2) is 18.2 Å². The fourth-order valence-corrected chi connectivity index (χ4v) is 0.837. The van der Waals surface area contributed by atoms with Gasteiger partial charge in [-0.05, 0) is 18.2 Å². The van der Waals surface area contributed by atoms with E-state index in [0.29, 0.717) is 5.56 Å². The van der Waals surface area contributed by atoms with Crippen molar-refractivity contribution >= 4 is 0 Å². The molecule has 0 aliphatic rings. The second-order valence-corrected chi connectivity index (χ2v) is 2.31. The van der Waals surface area contributed by atoms with Gasteiger partial charge in [0.15, 0.2) is 0 Å². The molecular weight excluding hydrogens is 167 g/mol. The minimum absolute atomic E-state index is 0.177. The van der Waals surface area contributed by atoms with Gasteiger partial charge in [-0.2, -0.15) is 5.26 Å². The molecule has 0 amide bonds. The minimum Gasteiger partial charge on any atom is -0.320 e. The Morgan fingerprint density at radius 2 is 2.23 bits per heavy atom. The van der Waals surface area contributed by atoms with Gasteiger partial charge in [0, 0.05) is 0 Å². The molecule has 1 aromatic rings. The van der Waals surface area contributed by atoms with Gasteiger partial charge < -0.3 is 5.73 Å². The first kappa shape index (κ1) is 9.25. The molecule has 0 saturated heterocycles. The Labute approximate surface area is 75.8 Å². The van der Waals surface area contributed by atoms with E-state index in [4.69, 9.17) is 11.0 Å². The zero-order chi connectivity index (χ0) is 9.68. The van der Waals surface area contributed by atoms with E-state index in [1.807, 2.05) is 6.07 Å². The van der Waals surface area contributed by atoms with Crippen molar-refractivity contribution in [2.75, 3.05) is 6.54 Å². The summed E-state index contributed by atoms with van der Waals surface area (Å²) in [6, 6.07) is 5.93. The van der Waals surface area contributed by atoms with Gasteiger partial charge in [0.25, 0.3) is 0 Å². The quantitative estimate of drug-likeness (QED) is 0.596. The predicted octanol–water partition coefficient (Wildman–Crippen LogP) is 1.01.